The van der Waals surface area contributed by atoms with Crippen molar-refractivity contribution in [2.45, 2.75) is 32.3 Å². The van der Waals surface area contributed by atoms with Crippen molar-refractivity contribution in [1.29, 1.82) is 0 Å². The van der Waals surface area contributed by atoms with Crippen LogP contribution in [0.3, 0.4) is 0 Å². The predicted octanol–water partition coefficient (Wildman–Crippen LogP) is 4.26. The second kappa shape index (κ2) is 9.94. The largest absolute Gasteiger partial charge is 0.493 e. The van der Waals surface area contributed by atoms with E-state index >= 15 is 0 Å². The number of methoxy groups -OCH3 is 1. The van der Waals surface area contributed by atoms with E-state index in [0.717, 1.165) is 17.9 Å². The quantitative estimate of drug-likeness (QED) is 0.679. The number of rotatable bonds is 9. The molecule has 0 aliphatic carbocycles. The van der Waals surface area contributed by atoms with Crippen molar-refractivity contribution < 1.29 is 14.3 Å². The molecule has 0 aromatic heterocycles. The maximum atomic E-state index is 12.3. The minimum Gasteiger partial charge on any atom is -0.493 e. The molecule has 0 radical (unpaired) electrons. The molecule has 1 N–H and O–H groups in total. The van der Waals surface area contributed by atoms with Gasteiger partial charge in [0.2, 0.25) is 0 Å². The summed E-state index contributed by atoms with van der Waals surface area (Å²) in [4.78, 5) is 12.3. The number of halogens is 1. The summed E-state index contributed by atoms with van der Waals surface area (Å²) in [5.74, 6) is 1.09. The first-order valence-corrected chi connectivity index (χ1v) is 8.83. The Bertz CT molecular complexity index is 673. The molecule has 0 saturated heterocycles. The first kappa shape index (κ1) is 19.1. The number of ether oxygens (including phenoxy) is 2. The molecular formula is C20H24ClNO3. The number of carbonyl (C=O) groups excluding carboxylic acids is 1. The summed E-state index contributed by atoms with van der Waals surface area (Å²) < 4.78 is 11.1. The molecule has 134 valence electrons. The molecule has 2 aromatic rings. The number of nitrogens with one attached hydrogen (secondary N) is 1. The highest BCUT2D eigenvalue weighted by Crippen LogP contribution is 2.27. The van der Waals surface area contributed by atoms with Gasteiger partial charge in [-0.3, -0.25) is 4.79 Å². The Morgan fingerprint density at radius 2 is 1.80 bits per heavy atom. The minimum absolute atomic E-state index is 0.107. The third-order valence-corrected chi connectivity index (χ3v) is 4.11. The summed E-state index contributed by atoms with van der Waals surface area (Å²) in [6.45, 7) is 2.53. The molecule has 1 amide bonds. The van der Waals surface area contributed by atoms with Crippen LogP contribution in [-0.2, 0) is 11.2 Å². The van der Waals surface area contributed by atoms with Gasteiger partial charge in [0.1, 0.15) is 0 Å². The van der Waals surface area contributed by atoms with Crippen molar-refractivity contribution in [3.8, 4) is 11.5 Å². The Balaban J connectivity index is 1.80. The highest BCUT2D eigenvalue weighted by Gasteiger charge is 2.19. The van der Waals surface area contributed by atoms with Crippen LogP contribution in [0.15, 0.2) is 48.5 Å². The molecule has 0 bridgehead atoms. The van der Waals surface area contributed by atoms with E-state index in [-0.39, 0.29) is 5.91 Å². The molecule has 1 atom stereocenters. The number of amides is 1. The van der Waals surface area contributed by atoms with Crippen LogP contribution in [0.4, 0.5) is 0 Å². The summed E-state index contributed by atoms with van der Waals surface area (Å²) >= 11 is 5.87. The first-order chi connectivity index (χ1) is 12.1. The van der Waals surface area contributed by atoms with Crippen LogP contribution in [0.1, 0.15) is 25.3 Å². The van der Waals surface area contributed by atoms with Crippen LogP contribution in [0.2, 0.25) is 5.02 Å². The molecule has 0 aliphatic heterocycles. The van der Waals surface area contributed by atoms with Gasteiger partial charge in [0.05, 0.1) is 7.11 Å². The fourth-order valence-electron chi connectivity index (χ4n) is 2.46. The third-order valence-electron chi connectivity index (χ3n) is 3.86. The maximum Gasteiger partial charge on any atom is 0.261 e. The highest BCUT2D eigenvalue weighted by molar-refractivity contribution is 6.30. The minimum atomic E-state index is -0.535. The van der Waals surface area contributed by atoms with E-state index < -0.39 is 6.10 Å². The summed E-state index contributed by atoms with van der Waals surface area (Å²) in [7, 11) is 1.58. The Hall–Kier alpha value is -2.20. The van der Waals surface area contributed by atoms with Gasteiger partial charge in [-0.1, -0.05) is 42.8 Å². The van der Waals surface area contributed by atoms with Crippen molar-refractivity contribution in [3.05, 3.63) is 59.1 Å². The van der Waals surface area contributed by atoms with Gasteiger partial charge in [-0.05, 0) is 49.1 Å². The van der Waals surface area contributed by atoms with Crippen molar-refractivity contribution in [3.63, 3.8) is 0 Å². The van der Waals surface area contributed by atoms with E-state index in [1.807, 2.05) is 49.4 Å². The molecule has 2 rings (SSSR count). The lowest BCUT2D eigenvalue weighted by atomic mass is 10.1. The third kappa shape index (κ3) is 5.98. The predicted molar refractivity (Wildman–Crippen MR) is 100 cm³/mol. The number of carbonyl (C=O) groups is 1. The molecule has 4 nitrogen and oxygen atoms in total. The summed E-state index contributed by atoms with van der Waals surface area (Å²) in [5, 5.41) is 3.67. The van der Waals surface area contributed by atoms with Gasteiger partial charge in [-0.2, -0.15) is 0 Å². The SMILES string of the molecule is CC[C@@H](Oc1ccccc1OC)C(=O)NCCCc1ccc(Cl)cc1. The van der Waals surface area contributed by atoms with E-state index in [0.29, 0.717) is 24.5 Å². The van der Waals surface area contributed by atoms with Crippen molar-refractivity contribution in [1.82, 2.24) is 5.32 Å². The zero-order chi connectivity index (χ0) is 18.1. The number of para-hydroxylation sites is 2. The average Bonchev–Trinajstić information content (AvgIpc) is 2.64. The lowest BCUT2D eigenvalue weighted by molar-refractivity contribution is -0.128. The van der Waals surface area contributed by atoms with Crippen LogP contribution in [0.5, 0.6) is 11.5 Å². The second-order valence-electron chi connectivity index (χ2n) is 5.69. The van der Waals surface area contributed by atoms with Gasteiger partial charge in [0.25, 0.3) is 5.91 Å². The van der Waals surface area contributed by atoms with Crippen LogP contribution in [0, 0.1) is 0 Å². The van der Waals surface area contributed by atoms with E-state index in [1.54, 1.807) is 13.2 Å². The monoisotopic (exact) mass is 361 g/mol. The lowest BCUT2D eigenvalue weighted by Crippen LogP contribution is -2.38. The molecule has 0 aliphatic rings. The maximum absolute atomic E-state index is 12.3. The van der Waals surface area contributed by atoms with E-state index in [9.17, 15) is 4.79 Å². The number of aryl methyl sites for hydroxylation is 1. The van der Waals surface area contributed by atoms with Gasteiger partial charge in [-0.15, -0.1) is 0 Å². The smallest absolute Gasteiger partial charge is 0.261 e. The van der Waals surface area contributed by atoms with Gasteiger partial charge in [0.15, 0.2) is 17.6 Å². The molecule has 0 heterocycles. The van der Waals surface area contributed by atoms with E-state index in [4.69, 9.17) is 21.1 Å². The number of hydrogen-bond donors (Lipinski definition) is 1. The summed E-state index contributed by atoms with van der Waals surface area (Å²) in [6.07, 6.45) is 1.80. The number of hydrogen-bond acceptors (Lipinski definition) is 3. The summed E-state index contributed by atoms with van der Waals surface area (Å²) in [5.41, 5.74) is 1.20. The van der Waals surface area contributed by atoms with E-state index in [1.165, 1.54) is 5.56 Å². The van der Waals surface area contributed by atoms with Crippen molar-refractivity contribution >= 4 is 17.5 Å². The lowest BCUT2D eigenvalue weighted by Gasteiger charge is -2.18. The van der Waals surface area contributed by atoms with Crippen molar-refractivity contribution in [2.75, 3.05) is 13.7 Å². The van der Waals surface area contributed by atoms with Gasteiger partial charge in [0, 0.05) is 11.6 Å². The number of benzene rings is 2. The average molecular weight is 362 g/mol. The highest BCUT2D eigenvalue weighted by atomic mass is 35.5. The second-order valence-corrected chi connectivity index (χ2v) is 6.12. The van der Waals surface area contributed by atoms with Gasteiger partial charge < -0.3 is 14.8 Å². The topological polar surface area (TPSA) is 47.6 Å². The van der Waals surface area contributed by atoms with E-state index in [2.05, 4.69) is 5.32 Å². The molecule has 0 saturated carbocycles. The molecule has 25 heavy (non-hydrogen) atoms. The standard InChI is InChI=1S/C20H24ClNO3/c1-3-17(25-19-9-5-4-8-18(19)24-2)20(23)22-14-6-7-15-10-12-16(21)13-11-15/h4-5,8-13,17H,3,6-7,14H2,1-2H3,(H,22,23)/t17-/m1/s1. The van der Waals surface area contributed by atoms with Crippen LogP contribution in [-0.4, -0.2) is 25.7 Å². The molecule has 5 heteroatoms. The zero-order valence-electron chi connectivity index (χ0n) is 14.6. The normalized spacial score (nSPS) is 11.6. The van der Waals surface area contributed by atoms with Crippen molar-refractivity contribution in [2.24, 2.45) is 0 Å². The Morgan fingerprint density at radius 1 is 1.12 bits per heavy atom. The van der Waals surface area contributed by atoms with Gasteiger partial charge >= 0.3 is 0 Å². The first-order valence-electron chi connectivity index (χ1n) is 8.46. The van der Waals surface area contributed by atoms with Gasteiger partial charge in [-0.25, -0.2) is 0 Å². The zero-order valence-corrected chi connectivity index (χ0v) is 15.4. The Labute approximate surface area is 154 Å². The molecule has 2 aromatic carbocycles. The Morgan fingerprint density at radius 3 is 2.44 bits per heavy atom. The van der Waals surface area contributed by atoms with Crippen LogP contribution < -0.4 is 14.8 Å². The fourth-order valence-corrected chi connectivity index (χ4v) is 2.59. The van der Waals surface area contributed by atoms with Crippen LogP contribution in [0.25, 0.3) is 0 Å². The fraction of sp³-hybridized carbons (Fsp3) is 0.350. The Kier molecular flexibility index (Phi) is 7.61. The molecular weight excluding hydrogens is 338 g/mol. The molecule has 0 fully saturated rings. The molecule has 0 unspecified atom stereocenters. The molecule has 0 spiro atoms. The summed E-state index contributed by atoms with van der Waals surface area (Å²) in [6, 6.07) is 15.1. The van der Waals surface area contributed by atoms with Crippen LogP contribution >= 0.6 is 11.6 Å².